The lowest BCUT2D eigenvalue weighted by molar-refractivity contribution is -0.146. The molecule has 0 saturated carbocycles. The first-order chi connectivity index (χ1) is 9.60. The van der Waals surface area contributed by atoms with E-state index in [0.29, 0.717) is 12.8 Å². The van der Waals surface area contributed by atoms with Crippen molar-refractivity contribution >= 4 is 31.5 Å². The highest BCUT2D eigenvalue weighted by molar-refractivity contribution is 7.91. The van der Waals surface area contributed by atoms with E-state index >= 15 is 0 Å². The van der Waals surface area contributed by atoms with Gasteiger partial charge in [-0.2, -0.15) is 0 Å². The Bertz CT molecular complexity index is 654. The smallest absolute Gasteiger partial charge is 0.311 e. The van der Waals surface area contributed by atoms with Gasteiger partial charge in [0.25, 0.3) is 0 Å². The van der Waals surface area contributed by atoms with Crippen LogP contribution in [-0.4, -0.2) is 75.7 Å². The normalized spacial score (nSPS) is 30.0. The number of rotatable bonds is 2. The van der Waals surface area contributed by atoms with Crippen LogP contribution in [0.2, 0.25) is 0 Å². The number of nitrogens with one attached hydrogen (secondary N) is 1. The SMILES string of the molecule is CN(C(=O)C(=O)NC1CCS(=O)(=O)C1)C1CCS(=O)(=O)C1. The molecule has 0 aliphatic carbocycles. The van der Waals surface area contributed by atoms with Gasteiger partial charge < -0.3 is 10.2 Å². The molecule has 2 unspecified atom stereocenters. The number of hydrogen-bond acceptors (Lipinski definition) is 6. The van der Waals surface area contributed by atoms with Crippen LogP contribution in [0.3, 0.4) is 0 Å². The summed E-state index contributed by atoms with van der Waals surface area (Å²) >= 11 is 0. The van der Waals surface area contributed by atoms with Crippen LogP contribution in [0.25, 0.3) is 0 Å². The van der Waals surface area contributed by atoms with Crippen molar-refractivity contribution < 1.29 is 26.4 Å². The van der Waals surface area contributed by atoms with Gasteiger partial charge in [-0.05, 0) is 12.8 Å². The maximum Gasteiger partial charge on any atom is 0.311 e. The third-order valence-corrected chi connectivity index (χ3v) is 7.36. The van der Waals surface area contributed by atoms with E-state index in [-0.39, 0.29) is 23.0 Å². The van der Waals surface area contributed by atoms with E-state index in [0.717, 1.165) is 4.90 Å². The fourth-order valence-electron chi connectivity index (χ4n) is 2.56. The molecule has 0 bridgehead atoms. The monoisotopic (exact) mass is 338 g/mol. The van der Waals surface area contributed by atoms with E-state index in [9.17, 15) is 26.4 Å². The Kier molecular flexibility index (Phi) is 4.29. The van der Waals surface area contributed by atoms with Crippen molar-refractivity contribution in [2.45, 2.75) is 24.9 Å². The van der Waals surface area contributed by atoms with Crippen LogP contribution in [0, 0.1) is 0 Å². The second kappa shape index (κ2) is 5.56. The van der Waals surface area contributed by atoms with Crippen molar-refractivity contribution in [3.63, 3.8) is 0 Å². The Morgan fingerprint density at radius 1 is 1.00 bits per heavy atom. The lowest BCUT2D eigenvalue weighted by Gasteiger charge is -2.23. The summed E-state index contributed by atoms with van der Waals surface area (Å²) in [5, 5.41) is 2.40. The first-order valence-corrected chi connectivity index (χ1v) is 10.2. The van der Waals surface area contributed by atoms with Crippen molar-refractivity contribution in [1.82, 2.24) is 10.2 Å². The maximum atomic E-state index is 12.0. The predicted octanol–water partition coefficient (Wildman–Crippen LogP) is -2.06. The molecule has 0 aromatic rings. The van der Waals surface area contributed by atoms with Crippen LogP contribution < -0.4 is 5.32 Å². The molecule has 1 N–H and O–H groups in total. The van der Waals surface area contributed by atoms with Gasteiger partial charge in [-0.25, -0.2) is 16.8 Å². The summed E-state index contributed by atoms with van der Waals surface area (Å²) < 4.78 is 45.4. The minimum Gasteiger partial charge on any atom is -0.344 e. The summed E-state index contributed by atoms with van der Waals surface area (Å²) in [6.45, 7) is 0. The zero-order chi connectivity index (χ0) is 15.8. The standard InChI is InChI=1S/C11H18N2O6S2/c1-13(9-3-5-21(18,19)7-9)11(15)10(14)12-8-2-4-20(16,17)6-8/h8-9H,2-7H2,1H3,(H,12,14). The Balaban J connectivity index is 1.92. The summed E-state index contributed by atoms with van der Waals surface area (Å²) in [6, 6.07) is -1.05. The van der Waals surface area contributed by atoms with E-state index in [1.54, 1.807) is 0 Å². The first kappa shape index (κ1) is 16.2. The summed E-state index contributed by atoms with van der Waals surface area (Å²) in [4.78, 5) is 24.9. The van der Waals surface area contributed by atoms with Crippen molar-refractivity contribution in [2.24, 2.45) is 0 Å². The molecule has 2 amide bonds. The lowest BCUT2D eigenvalue weighted by Crippen LogP contribution is -2.49. The maximum absolute atomic E-state index is 12.0. The van der Waals surface area contributed by atoms with Crippen molar-refractivity contribution in [3.8, 4) is 0 Å². The van der Waals surface area contributed by atoms with Crippen molar-refractivity contribution in [2.75, 3.05) is 30.1 Å². The quantitative estimate of drug-likeness (QED) is 0.578. The fourth-order valence-corrected chi connectivity index (χ4v) is 6.01. The molecule has 21 heavy (non-hydrogen) atoms. The molecule has 0 spiro atoms. The molecule has 8 nitrogen and oxygen atoms in total. The highest BCUT2D eigenvalue weighted by Gasteiger charge is 2.36. The molecule has 10 heteroatoms. The summed E-state index contributed by atoms with van der Waals surface area (Å²) in [5.41, 5.74) is 0. The number of likely N-dealkylation sites (N-methyl/N-ethyl adjacent to an activating group) is 1. The van der Waals surface area contributed by atoms with Crippen molar-refractivity contribution in [1.29, 1.82) is 0 Å². The van der Waals surface area contributed by atoms with Gasteiger partial charge in [0, 0.05) is 19.1 Å². The molecule has 2 rings (SSSR count). The van der Waals surface area contributed by atoms with Crippen LogP contribution in [-0.2, 0) is 29.3 Å². The minimum absolute atomic E-state index is 0.00282. The van der Waals surface area contributed by atoms with Gasteiger partial charge in [0.15, 0.2) is 19.7 Å². The van der Waals surface area contributed by atoms with Gasteiger partial charge >= 0.3 is 11.8 Å². The molecule has 2 fully saturated rings. The number of carbonyl (C=O) groups excluding carboxylic acids is 2. The summed E-state index contributed by atoms with van der Waals surface area (Å²) in [7, 11) is -4.89. The number of hydrogen-bond donors (Lipinski definition) is 1. The number of amides is 2. The van der Waals surface area contributed by atoms with Crippen LogP contribution in [0.4, 0.5) is 0 Å². The fraction of sp³-hybridized carbons (Fsp3) is 0.818. The minimum atomic E-state index is -3.14. The average Bonchev–Trinajstić information content (AvgIpc) is 2.89. The van der Waals surface area contributed by atoms with E-state index in [2.05, 4.69) is 5.32 Å². The Hall–Kier alpha value is -1.16. The molecular weight excluding hydrogens is 320 g/mol. The second-order valence-corrected chi connectivity index (χ2v) is 10.0. The number of nitrogens with zero attached hydrogens (tertiary/aromatic N) is 1. The van der Waals surface area contributed by atoms with Gasteiger partial charge in [-0.3, -0.25) is 9.59 Å². The zero-order valence-corrected chi connectivity index (χ0v) is 13.2. The molecule has 2 atom stereocenters. The molecule has 0 aromatic carbocycles. The van der Waals surface area contributed by atoms with Crippen LogP contribution >= 0.6 is 0 Å². The van der Waals surface area contributed by atoms with Gasteiger partial charge in [0.1, 0.15) is 0 Å². The Morgan fingerprint density at radius 3 is 2.05 bits per heavy atom. The summed E-state index contributed by atoms with van der Waals surface area (Å²) in [6.07, 6.45) is 0.610. The van der Waals surface area contributed by atoms with Crippen LogP contribution in [0.5, 0.6) is 0 Å². The molecule has 0 radical (unpaired) electrons. The topological polar surface area (TPSA) is 118 Å². The molecule has 2 heterocycles. The Labute approximate surface area is 123 Å². The second-order valence-electron chi connectivity index (χ2n) is 5.55. The van der Waals surface area contributed by atoms with Crippen LogP contribution in [0.1, 0.15) is 12.8 Å². The predicted molar refractivity (Wildman–Crippen MR) is 75.0 cm³/mol. The van der Waals surface area contributed by atoms with Gasteiger partial charge in [-0.1, -0.05) is 0 Å². The average molecular weight is 338 g/mol. The molecule has 2 aliphatic heterocycles. The van der Waals surface area contributed by atoms with Gasteiger partial charge in [0.05, 0.1) is 23.0 Å². The molecule has 120 valence electrons. The third-order valence-electron chi connectivity index (χ3n) is 3.84. The summed E-state index contributed by atoms with van der Waals surface area (Å²) in [5.74, 6) is -2.00. The van der Waals surface area contributed by atoms with E-state index in [1.807, 2.05) is 0 Å². The van der Waals surface area contributed by atoms with Gasteiger partial charge in [-0.15, -0.1) is 0 Å². The van der Waals surface area contributed by atoms with E-state index in [1.165, 1.54) is 7.05 Å². The largest absolute Gasteiger partial charge is 0.344 e. The number of sulfone groups is 2. The van der Waals surface area contributed by atoms with E-state index < -0.39 is 43.6 Å². The molecule has 0 aromatic heterocycles. The lowest BCUT2D eigenvalue weighted by atomic mass is 10.2. The highest BCUT2D eigenvalue weighted by Crippen LogP contribution is 2.17. The van der Waals surface area contributed by atoms with Gasteiger partial charge in [0.2, 0.25) is 0 Å². The molecular formula is C11H18N2O6S2. The first-order valence-electron chi connectivity index (χ1n) is 6.58. The zero-order valence-electron chi connectivity index (χ0n) is 11.6. The van der Waals surface area contributed by atoms with Crippen molar-refractivity contribution in [3.05, 3.63) is 0 Å². The Morgan fingerprint density at radius 2 is 1.57 bits per heavy atom. The molecule has 2 saturated heterocycles. The number of carbonyl (C=O) groups is 2. The third kappa shape index (κ3) is 3.94. The highest BCUT2D eigenvalue weighted by atomic mass is 32.2. The van der Waals surface area contributed by atoms with Crippen LogP contribution in [0.15, 0.2) is 0 Å². The van der Waals surface area contributed by atoms with E-state index in [4.69, 9.17) is 0 Å². The molecule has 2 aliphatic rings.